The van der Waals surface area contributed by atoms with E-state index in [2.05, 4.69) is 39.7 Å². The third-order valence-corrected chi connectivity index (χ3v) is 4.34. The Morgan fingerprint density at radius 3 is 2.89 bits per heavy atom. The van der Waals surface area contributed by atoms with Crippen molar-refractivity contribution >= 4 is 11.3 Å². The highest BCUT2D eigenvalue weighted by molar-refractivity contribution is 7.09. The first-order valence-corrected chi connectivity index (χ1v) is 7.86. The van der Waals surface area contributed by atoms with Gasteiger partial charge in [0.2, 0.25) is 0 Å². The Labute approximate surface area is 115 Å². The van der Waals surface area contributed by atoms with E-state index in [1.807, 2.05) is 11.3 Å². The fourth-order valence-electron chi connectivity index (χ4n) is 2.40. The van der Waals surface area contributed by atoms with E-state index in [-0.39, 0.29) is 0 Å². The number of thiophene rings is 1. The third-order valence-electron chi connectivity index (χ3n) is 3.48. The van der Waals surface area contributed by atoms with Crippen molar-refractivity contribution in [2.24, 2.45) is 0 Å². The summed E-state index contributed by atoms with van der Waals surface area (Å²) in [7, 11) is 2.23. The summed E-state index contributed by atoms with van der Waals surface area (Å²) >= 11 is 1.86. The van der Waals surface area contributed by atoms with Gasteiger partial charge in [-0.3, -0.25) is 0 Å². The first-order valence-electron chi connectivity index (χ1n) is 6.98. The van der Waals surface area contributed by atoms with Crippen LogP contribution in [0.2, 0.25) is 0 Å². The molecule has 1 N–H and O–H groups in total. The second-order valence-electron chi connectivity index (χ2n) is 5.12. The maximum absolute atomic E-state index is 3.40. The summed E-state index contributed by atoms with van der Waals surface area (Å²) < 4.78 is 0. The van der Waals surface area contributed by atoms with Crippen LogP contribution in [0.5, 0.6) is 0 Å². The smallest absolute Gasteiger partial charge is 0.0324 e. The van der Waals surface area contributed by atoms with Gasteiger partial charge in [0.15, 0.2) is 0 Å². The SMILES string of the molecule is CN(CCCCN1CCNCC1)Cc1cccs1. The van der Waals surface area contributed by atoms with Crippen LogP contribution in [0.4, 0.5) is 0 Å². The Kier molecular flexibility index (Phi) is 6.14. The lowest BCUT2D eigenvalue weighted by molar-refractivity contribution is 0.229. The Morgan fingerprint density at radius 2 is 2.17 bits per heavy atom. The Morgan fingerprint density at radius 1 is 1.33 bits per heavy atom. The molecule has 1 fully saturated rings. The van der Waals surface area contributed by atoms with Crippen molar-refractivity contribution in [1.82, 2.24) is 15.1 Å². The molecule has 3 nitrogen and oxygen atoms in total. The second-order valence-corrected chi connectivity index (χ2v) is 6.15. The van der Waals surface area contributed by atoms with E-state index in [1.54, 1.807) is 0 Å². The average molecular weight is 267 g/mol. The molecule has 1 aromatic rings. The molecular formula is C14H25N3S. The van der Waals surface area contributed by atoms with Gasteiger partial charge >= 0.3 is 0 Å². The molecule has 1 aliphatic rings. The summed E-state index contributed by atoms with van der Waals surface area (Å²) in [6, 6.07) is 4.36. The average Bonchev–Trinajstić information content (AvgIpc) is 2.89. The minimum Gasteiger partial charge on any atom is -0.314 e. The van der Waals surface area contributed by atoms with Crippen molar-refractivity contribution in [3.63, 3.8) is 0 Å². The van der Waals surface area contributed by atoms with Crippen molar-refractivity contribution < 1.29 is 0 Å². The van der Waals surface area contributed by atoms with Gasteiger partial charge in [-0.25, -0.2) is 0 Å². The maximum atomic E-state index is 3.40. The van der Waals surface area contributed by atoms with Crippen LogP contribution >= 0.6 is 11.3 Å². The summed E-state index contributed by atoms with van der Waals surface area (Å²) in [5.74, 6) is 0. The van der Waals surface area contributed by atoms with Gasteiger partial charge in [0, 0.05) is 37.6 Å². The lowest BCUT2D eigenvalue weighted by Gasteiger charge is -2.27. The van der Waals surface area contributed by atoms with Gasteiger partial charge in [0.05, 0.1) is 0 Å². The number of hydrogen-bond acceptors (Lipinski definition) is 4. The van der Waals surface area contributed by atoms with Gasteiger partial charge in [-0.15, -0.1) is 11.3 Å². The minimum absolute atomic E-state index is 1.10. The number of rotatable bonds is 7. The molecule has 2 rings (SSSR count). The Hall–Kier alpha value is -0.420. The van der Waals surface area contributed by atoms with Gasteiger partial charge < -0.3 is 15.1 Å². The molecule has 0 aromatic carbocycles. The molecule has 0 spiro atoms. The molecule has 0 radical (unpaired) electrons. The highest BCUT2D eigenvalue weighted by Crippen LogP contribution is 2.11. The molecule has 1 aromatic heterocycles. The van der Waals surface area contributed by atoms with Crippen LogP contribution in [0, 0.1) is 0 Å². The monoisotopic (exact) mass is 267 g/mol. The lowest BCUT2D eigenvalue weighted by Crippen LogP contribution is -2.43. The molecule has 0 bridgehead atoms. The highest BCUT2D eigenvalue weighted by Gasteiger charge is 2.08. The molecule has 1 saturated heterocycles. The fraction of sp³-hybridized carbons (Fsp3) is 0.714. The number of nitrogens with zero attached hydrogens (tertiary/aromatic N) is 2. The van der Waals surface area contributed by atoms with E-state index < -0.39 is 0 Å². The van der Waals surface area contributed by atoms with Crippen LogP contribution < -0.4 is 5.32 Å². The Balaban J connectivity index is 1.52. The van der Waals surface area contributed by atoms with Crippen LogP contribution in [-0.2, 0) is 6.54 Å². The van der Waals surface area contributed by atoms with E-state index in [0.717, 1.165) is 19.6 Å². The predicted octanol–water partition coefficient (Wildman–Crippen LogP) is 1.87. The molecule has 0 aliphatic carbocycles. The van der Waals surface area contributed by atoms with Crippen LogP contribution in [-0.4, -0.2) is 56.1 Å². The lowest BCUT2D eigenvalue weighted by atomic mass is 10.2. The van der Waals surface area contributed by atoms with Crippen LogP contribution in [0.25, 0.3) is 0 Å². The topological polar surface area (TPSA) is 18.5 Å². The van der Waals surface area contributed by atoms with E-state index in [4.69, 9.17) is 0 Å². The third kappa shape index (κ3) is 5.06. The van der Waals surface area contributed by atoms with Crippen molar-refractivity contribution in [3.8, 4) is 0 Å². The number of hydrogen-bond donors (Lipinski definition) is 1. The molecule has 4 heteroatoms. The van der Waals surface area contributed by atoms with E-state index in [9.17, 15) is 0 Å². The normalized spacial score (nSPS) is 17.4. The zero-order chi connectivity index (χ0) is 12.6. The quantitative estimate of drug-likeness (QED) is 0.761. The van der Waals surface area contributed by atoms with Gasteiger partial charge in [-0.2, -0.15) is 0 Å². The largest absolute Gasteiger partial charge is 0.314 e. The highest BCUT2D eigenvalue weighted by atomic mass is 32.1. The zero-order valence-electron chi connectivity index (χ0n) is 11.4. The summed E-state index contributed by atoms with van der Waals surface area (Å²) in [4.78, 5) is 6.49. The summed E-state index contributed by atoms with van der Waals surface area (Å²) in [5.41, 5.74) is 0. The predicted molar refractivity (Wildman–Crippen MR) is 79.2 cm³/mol. The number of piperazine rings is 1. The van der Waals surface area contributed by atoms with Gasteiger partial charge in [0.1, 0.15) is 0 Å². The number of nitrogens with one attached hydrogen (secondary N) is 1. The maximum Gasteiger partial charge on any atom is 0.0324 e. The van der Waals surface area contributed by atoms with Gasteiger partial charge in [-0.1, -0.05) is 6.07 Å². The van der Waals surface area contributed by atoms with Gasteiger partial charge in [0.25, 0.3) is 0 Å². The first-order chi connectivity index (χ1) is 8.84. The van der Waals surface area contributed by atoms with Crippen LogP contribution in [0.3, 0.4) is 0 Å². The van der Waals surface area contributed by atoms with Gasteiger partial charge in [-0.05, 0) is 44.4 Å². The van der Waals surface area contributed by atoms with E-state index in [0.29, 0.717) is 0 Å². The molecule has 0 amide bonds. The summed E-state index contributed by atoms with van der Waals surface area (Å²) in [6.45, 7) is 8.37. The molecule has 102 valence electrons. The van der Waals surface area contributed by atoms with E-state index in [1.165, 1.54) is 43.9 Å². The minimum atomic E-state index is 1.10. The van der Waals surface area contributed by atoms with Crippen LogP contribution in [0.1, 0.15) is 17.7 Å². The second kappa shape index (κ2) is 7.89. The first kappa shape index (κ1) is 14.0. The molecule has 0 atom stereocenters. The summed E-state index contributed by atoms with van der Waals surface area (Å²) in [6.07, 6.45) is 2.64. The number of unbranched alkanes of at least 4 members (excludes halogenated alkanes) is 1. The fourth-order valence-corrected chi connectivity index (χ4v) is 3.18. The van der Waals surface area contributed by atoms with Crippen molar-refractivity contribution in [2.75, 3.05) is 46.3 Å². The molecule has 18 heavy (non-hydrogen) atoms. The Bertz CT molecular complexity index is 307. The van der Waals surface area contributed by atoms with Crippen molar-refractivity contribution in [1.29, 1.82) is 0 Å². The molecule has 0 unspecified atom stereocenters. The van der Waals surface area contributed by atoms with Crippen molar-refractivity contribution in [3.05, 3.63) is 22.4 Å². The molecule has 0 saturated carbocycles. The molecule has 1 aliphatic heterocycles. The van der Waals surface area contributed by atoms with Crippen molar-refractivity contribution in [2.45, 2.75) is 19.4 Å². The van der Waals surface area contributed by atoms with E-state index >= 15 is 0 Å². The summed E-state index contributed by atoms with van der Waals surface area (Å²) in [5, 5.41) is 5.56. The molecule has 2 heterocycles. The standard InChI is InChI=1S/C14H25N3S/c1-16(13-14-5-4-12-18-14)8-2-3-9-17-10-6-15-7-11-17/h4-5,12,15H,2-3,6-11,13H2,1H3. The zero-order valence-corrected chi connectivity index (χ0v) is 12.2. The molecular weight excluding hydrogens is 242 g/mol. The van der Waals surface area contributed by atoms with Crippen LogP contribution in [0.15, 0.2) is 17.5 Å².